The molecule has 0 aromatic carbocycles. The number of carboxylic acid groups (broad SMARTS) is 1. The fourth-order valence-electron chi connectivity index (χ4n) is 1.07. The average molecular weight is 216 g/mol. The summed E-state index contributed by atoms with van der Waals surface area (Å²) in [7, 11) is 0. The third-order valence-corrected chi connectivity index (χ3v) is 2.33. The number of carboxylic acids is 1. The highest BCUT2D eigenvalue weighted by molar-refractivity contribution is 5.80. The van der Waals surface area contributed by atoms with Crippen LogP contribution in [0.1, 0.15) is 33.6 Å². The molecule has 0 aliphatic rings. The molecule has 88 valence electrons. The molecule has 1 atom stereocenters. The Morgan fingerprint density at radius 2 is 2.00 bits per heavy atom. The quantitative estimate of drug-likeness (QED) is 0.572. The van der Waals surface area contributed by atoms with Crippen LogP contribution in [0.2, 0.25) is 0 Å². The third-order valence-electron chi connectivity index (χ3n) is 2.33. The molecule has 1 amide bonds. The van der Waals surface area contributed by atoms with Crippen molar-refractivity contribution in [2.45, 2.75) is 39.7 Å². The summed E-state index contributed by atoms with van der Waals surface area (Å²) in [6.07, 6.45) is 1.32. The molecule has 0 spiro atoms. The smallest absolute Gasteiger partial charge is 0.320 e. The van der Waals surface area contributed by atoms with Crippen LogP contribution < -0.4 is 11.1 Å². The first-order valence-corrected chi connectivity index (χ1v) is 5.07. The summed E-state index contributed by atoms with van der Waals surface area (Å²) in [5.41, 5.74) is 4.46. The molecule has 4 N–H and O–H groups in total. The van der Waals surface area contributed by atoms with Gasteiger partial charge in [-0.3, -0.25) is 9.59 Å². The lowest BCUT2D eigenvalue weighted by molar-refractivity contribution is -0.140. The van der Waals surface area contributed by atoms with Crippen LogP contribution in [0.15, 0.2) is 0 Å². The van der Waals surface area contributed by atoms with Crippen LogP contribution in [0, 0.1) is 5.41 Å². The minimum atomic E-state index is -0.892. The van der Waals surface area contributed by atoms with E-state index in [9.17, 15) is 9.59 Å². The molecule has 0 radical (unpaired) electrons. The minimum Gasteiger partial charge on any atom is -0.480 e. The van der Waals surface area contributed by atoms with Crippen LogP contribution >= 0.6 is 0 Å². The van der Waals surface area contributed by atoms with Crippen molar-refractivity contribution in [3.05, 3.63) is 0 Å². The Hall–Kier alpha value is -1.10. The Morgan fingerprint density at radius 3 is 2.33 bits per heavy atom. The molecule has 5 nitrogen and oxygen atoms in total. The van der Waals surface area contributed by atoms with E-state index >= 15 is 0 Å². The Bertz CT molecular complexity index is 239. The average Bonchev–Trinajstić information content (AvgIpc) is 2.11. The van der Waals surface area contributed by atoms with Gasteiger partial charge in [0.05, 0.1) is 5.41 Å². The first-order valence-electron chi connectivity index (χ1n) is 5.07. The first-order chi connectivity index (χ1) is 6.81. The van der Waals surface area contributed by atoms with E-state index in [1.807, 2.05) is 6.92 Å². The van der Waals surface area contributed by atoms with E-state index in [0.29, 0.717) is 6.42 Å². The Kier molecular flexibility index (Phi) is 5.28. The number of rotatable bonds is 7. The lowest BCUT2D eigenvalue weighted by atomic mass is 9.92. The summed E-state index contributed by atoms with van der Waals surface area (Å²) in [5, 5.41) is 11.7. The summed E-state index contributed by atoms with van der Waals surface area (Å²) in [5.74, 6) is -1.33. The maximum absolute atomic E-state index is 11.0. The van der Waals surface area contributed by atoms with Crippen molar-refractivity contribution in [3.63, 3.8) is 0 Å². The van der Waals surface area contributed by atoms with Gasteiger partial charge in [-0.15, -0.1) is 0 Å². The molecular weight excluding hydrogens is 196 g/mol. The summed E-state index contributed by atoms with van der Waals surface area (Å²) in [4.78, 5) is 21.8. The number of hydrogen-bond acceptors (Lipinski definition) is 3. The van der Waals surface area contributed by atoms with Crippen molar-refractivity contribution < 1.29 is 14.7 Å². The van der Waals surface area contributed by atoms with Crippen LogP contribution in [-0.4, -0.2) is 29.6 Å². The Morgan fingerprint density at radius 1 is 1.47 bits per heavy atom. The van der Waals surface area contributed by atoms with Gasteiger partial charge in [0.25, 0.3) is 0 Å². The molecule has 0 heterocycles. The molecule has 0 aromatic rings. The Labute approximate surface area is 90.0 Å². The van der Waals surface area contributed by atoms with Crippen LogP contribution in [0.3, 0.4) is 0 Å². The van der Waals surface area contributed by atoms with E-state index < -0.39 is 23.3 Å². The largest absolute Gasteiger partial charge is 0.480 e. The highest BCUT2D eigenvalue weighted by Gasteiger charge is 2.27. The predicted molar refractivity (Wildman–Crippen MR) is 57.3 cm³/mol. The zero-order chi connectivity index (χ0) is 12.1. The highest BCUT2D eigenvalue weighted by atomic mass is 16.4. The van der Waals surface area contributed by atoms with Crippen LogP contribution in [0.4, 0.5) is 0 Å². The van der Waals surface area contributed by atoms with E-state index in [1.54, 1.807) is 13.8 Å². The second kappa shape index (κ2) is 5.70. The standard InChI is InChI=1S/C10H20N2O3/c1-4-5-7(8(13)14)12-6-10(2,3)9(11)15/h7,12H,4-6H2,1-3H3,(H2,11,15)(H,13,14). The molecule has 0 rings (SSSR count). The van der Waals surface area contributed by atoms with Gasteiger partial charge in [-0.05, 0) is 20.3 Å². The number of primary amides is 1. The number of hydrogen-bond donors (Lipinski definition) is 3. The lowest BCUT2D eigenvalue weighted by Crippen LogP contribution is -2.46. The lowest BCUT2D eigenvalue weighted by Gasteiger charge is -2.23. The molecule has 0 aliphatic heterocycles. The molecule has 1 unspecified atom stereocenters. The SMILES string of the molecule is CCCC(NCC(C)(C)C(N)=O)C(=O)O. The van der Waals surface area contributed by atoms with Gasteiger partial charge in [-0.2, -0.15) is 0 Å². The first kappa shape index (κ1) is 13.9. The second-order valence-corrected chi connectivity index (χ2v) is 4.31. The molecule has 15 heavy (non-hydrogen) atoms. The van der Waals surface area contributed by atoms with Crippen LogP contribution in [-0.2, 0) is 9.59 Å². The predicted octanol–water partition coefficient (Wildman–Crippen LogP) is 0.341. The van der Waals surface area contributed by atoms with E-state index in [2.05, 4.69) is 5.32 Å². The number of nitrogens with two attached hydrogens (primary N) is 1. The van der Waals surface area contributed by atoms with E-state index in [1.165, 1.54) is 0 Å². The van der Waals surface area contributed by atoms with E-state index in [-0.39, 0.29) is 6.54 Å². The molecule has 0 aliphatic carbocycles. The topological polar surface area (TPSA) is 92.4 Å². The molecule has 0 bridgehead atoms. The van der Waals surface area contributed by atoms with Gasteiger partial charge in [0, 0.05) is 6.54 Å². The van der Waals surface area contributed by atoms with Crippen molar-refractivity contribution in [1.82, 2.24) is 5.32 Å². The van der Waals surface area contributed by atoms with Gasteiger partial charge in [0.15, 0.2) is 0 Å². The van der Waals surface area contributed by atoms with Crippen LogP contribution in [0.25, 0.3) is 0 Å². The molecule has 5 heteroatoms. The van der Waals surface area contributed by atoms with Gasteiger partial charge in [-0.25, -0.2) is 0 Å². The molecular formula is C10H20N2O3. The maximum atomic E-state index is 11.0. The number of carbonyl (C=O) groups is 2. The summed E-state index contributed by atoms with van der Waals surface area (Å²) in [6, 6.07) is -0.603. The minimum absolute atomic E-state index is 0.277. The van der Waals surface area contributed by atoms with Crippen molar-refractivity contribution in [1.29, 1.82) is 0 Å². The maximum Gasteiger partial charge on any atom is 0.320 e. The number of carbonyl (C=O) groups excluding carboxylic acids is 1. The summed E-state index contributed by atoms with van der Waals surface area (Å²) in [6.45, 7) is 5.57. The molecule has 0 saturated heterocycles. The summed E-state index contributed by atoms with van der Waals surface area (Å²) >= 11 is 0. The molecule has 0 fully saturated rings. The number of aliphatic carboxylic acids is 1. The van der Waals surface area contributed by atoms with Gasteiger partial charge in [-0.1, -0.05) is 13.3 Å². The normalized spacial score (nSPS) is 13.5. The zero-order valence-electron chi connectivity index (χ0n) is 9.54. The van der Waals surface area contributed by atoms with Gasteiger partial charge < -0.3 is 16.2 Å². The fourth-order valence-corrected chi connectivity index (χ4v) is 1.07. The van der Waals surface area contributed by atoms with Crippen LogP contribution in [0.5, 0.6) is 0 Å². The third kappa shape index (κ3) is 4.78. The van der Waals surface area contributed by atoms with E-state index in [0.717, 1.165) is 6.42 Å². The molecule has 0 aromatic heterocycles. The van der Waals surface area contributed by atoms with Crippen molar-refractivity contribution in [2.75, 3.05) is 6.54 Å². The number of amides is 1. The van der Waals surface area contributed by atoms with Crippen molar-refractivity contribution in [3.8, 4) is 0 Å². The van der Waals surface area contributed by atoms with Gasteiger partial charge in [0.2, 0.25) is 5.91 Å². The second-order valence-electron chi connectivity index (χ2n) is 4.31. The van der Waals surface area contributed by atoms with E-state index in [4.69, 9.17) is 10.8 Å². The Balaban J connectivity index is 4.21. The summed E-state index contributed by atoms with van der Waals surface area (Å²) < 4.78 is 0. The molecule has 0 saturated carbocycles. The van der Waals surface area contributed by atoms with Crippen molar-refractivity contribution >= 4 is 11.9 Å². The zero-order valence-corrected chi connectivity index (χ0v) is 9.54. The highest BCUT2D eigenvalue weighted by Crippen LogP contribution is 2.12. The fraction of sp³-hybridized carbons (Fsp3) is 0.800. The monoisotopic (exact) mass is 216 g/mol. The number of nitrogens with one attached hydrogen (secondary N) is 1. The van der Waals surface area contributed by atoms with Gasteiger partial charge in [0.1, 0.15) is 6.04 Å². The van der Waals surface area contributed by atoms with Gasteiger partial charge >= 0.3 is 5.97 Å². The van der Waals surface area contributed by atoms with Crippen molar-refractivity contribution in [2.24, 2.45) is 11.1 Å².